The number of halogens is 1. The van der Waals surface area contributed by atoms with Crippen LogP contribution in [0, 0.1) is 0 Å². The van der Waals surface area contributed by atoms with Crippen LogP contribution in [0.25, 0.3) is 0 Å². The maximum absolute atomic E-state index is 9.80. The predicted octanol–water partition coefficient (Wildman–Crippen LogP) is 4.03. The Hall–Kier alpha value is -1.68. The van der Waals surface area contributed by atoms with Gasteiger partial charge in [0.2, 0.25) is 0 Å². The van der Waals surface area contributed by atoms with E-state index in [9.17, 15) is 10.2 Å². The lowest BCUT2D eigenvalue weighted by molar-refractivity contribution is 0.444. The molecule has 0 saturated heterocycles. The van der Waals surface area contributed by atoms with E-state index >= 15 is 0 Å². The predicted molar refractivity (Wildman–Crippen MR) is 76.0 cm³/mol. The molecule has 18 heavy (non-hydrogen) atoms. The zero-order chi connectivity index (χ0) is 13.1. The highest BCUT2D eigenvalue weighted by atomic mass is 79.9. The van der Waals surface area contributed by atoms with Crippen LogP contribution in [0.5, 0.6) is 11.5 Å². The Morgan fingerprint density at radius 3 is 2.50 bits per heavy atom. The number of phenolic OH excluding ortho intramolecular Hbond substituents is 2. The van der Waals surface area contributed by atoms with Crippen LogP contribution in [-0.4, -0.2) is 10.2 Å². The zero-order valence-corrected chi connectivity index (χ0v) is 11.5. The molecule has 0 aliphatic rings. The summed E-state index contributed by atoms with van der Waals surface area (Å²) in [6.45, 7) is 1.95. The van der Waals surface area contributed by atoms with E-state index in [0.29, 0.717) is 0 Å². The summed E-state index contributed by atoms with van der Waals surface area (Å²) >= 11 is 3.46. The van der Waals surface area contributed by atoms with Crippen molar-refractivity contribution in [2.75, 3.05) is 5.32 Å². The van der Waals surface area contributed by atoms with Gasteiger partial charge in [0.1, 0.15) is 11.5 Å². The Balaban J connectivity index is 2.22. The molecule has 2 rings (SSSR count). The van der Waals surface area contributed by atoms with E-state index in [1.54, 1.807) is 12.1 Å². The van der Waals surface area contributed by atoms with Crippen molar-refractivity contribution in [2.24, 2.45) is 0 Å². The number of para-hydroxylation sites is 1. The number of hydrogen-bond acceptors (Lipinski definition) is 3. The second-order valence-electron chi connectivity index (χ2n) is 4.09. The molecule has 1 unspecified atom stereocenters. The average Bonchev–Trinajstić information content (AvgIpc) is 2.32. The third-order valence-electron chi connectivity index (χ3n) is 2.73. The van der Waals surface area contributed by atoms with Crippen molar-refractivity contribution in [1.29, 1.82) is 0 Å². The van der Waals surface area contributed by atoms with Crippen LogP contribution in [0.2, 0.25) is 0 Å². The normalized spacial score (nSPS) is 12.1. The van der Waals surface area contributed by atoms with Gasteiger partial charge >= 0.3 is 0 Å². The second-order valence-corrected chi connectivity index (χ2v) is 4.94. The van der Waals surface area contributed by atoms with Crippen LogP contribution in [0.1, 0.15) is 18.5 Å². The summed E-state index contributed by atoms with van der Waals surface area (Å²) in [6.07, 6.45) is 0. The van der Waals surface area contributed by atoms with Crippen LogP contribution in [0.4, 0.5) is 5.69 Å². The minimum Gasteiger partial charge on any atom is -0.508 e. The third kappa shape index (κ3) is 2.76. The average molecular weight is 308 g/mol. The van der Waals surface area contributed by atoms with Crippen LogP contribution in [0.3, 0.4) is 0 Å². The molecule has 94 valence electrons. The third-order valence-corrected chi connectivity index (χ3v) is 3.42. The van der Waals surface area contributed by atoms with Crippen molar-refractivity contribution in [1.82, 2.24) is 0 Å². The van der Waals surface area contributed by atoms with Crippen LogP contribution in [-0.2, 0) is 0 Å². The summed E-state index contributed by atoms with van der Waals surface area (Å²) in [7, 11) is 0. The van der Waals surface area contributed by atoms with Gasteiger partial charge in [-0.25, -0.2) is 0 Å². The maximum Gasteiger partial charge on any atom is 0.124 e. The van der Waals surface area contributed by atoms with Gasteiger partial charge in [0.25, 0.3) is 0 Å². The number of aromatic hydroxyl groups is 2. The Morgan fingerprint density at radius 1 is 1.11 bits per heavy atom. The fourth-order valence-corrected chi connectivity index (χ4v) is 2.19. The zero-order valence-electron chi connectivity index (χ0n) is 9.89. The molecular weight excluding hydrogens is 294 g/mol. The number of benzene rings is 2. The molecular formula is C14H14BrNO2. The molecule has 0 aromatic heterocycles. The van der Waals surface area contributed by atoms with Crippen molar-refractivity contribution in [3.63, 3.8) is 0 Å². The first-order chi connectivity index (χ1) is 8.58. The fraction of sp³-hybridized carbons (Fsp3) is 0.143. The van der Waals surface area contributed by atoms with E-state index in [1.165, 1.54) is 6.07 Å². The van der Waals surface area contributed by atoms with E-state index in [1.807, 2.05) is 31.2 Å². The Morgan fingerprint density at radius 2 is 1.83 bits per heavy atom. The van der Waals surface area contributed by atoms with E-state index in [0.717, 1.165) is 15.7 Å². The molecule has 4 heteroatoms. The molecule has 1 atom stereocenters. The maximum atomic E-state index is 9.80. The Labute approximate surface area is 114 Å². The summed E-state index contributed by atoms with van der Waals surface area (Å²) in [6, 6.07) is 12.3. The van der Waals surface area contributed by atoms with E-state index < -0.39 is 0 Å². The lowest BCUT2D eigenvalue weighted by Crippen LogP contribution is -2.07. The van der Waals surface area contributed by atoms with Crippen LogP contribution in [0.15, 0.2) is 46.9 Å². The van der Waals surface area contributed by atoms with Crippen molar-refractivity contribution >= 4 is 21.6 Å². The molecule has 0 amide bonds. The molecule has 0 aliphatic heterocycles. The van der Waals surface area contributed by atoms with Crippen LogP contribution >= 0.6 is 15.9 Å². The molecule has 0 heterocycles. The summed E-state index contributed by atoms with van der Waals surface area (Å²) in [5.74, 6) is 0.145. The van der Waals surface area contributed by atoms with Gasteiger partial charge in [-0.2, -0.15) is 0 Å². The van der Waals surface area contributed by atoms with Gasteiger partial charge < -0.3 is 15.5 Å². The topological polar surface area (TPSA) is 52.5 Å². The highest BCUT2D eigenvalue weighted by Crippen LogP contribution is 2.31. The van der Waals surface area contributed by atoms with Crippen LogP contribution < -0.4 is 5.32 Å². The van der Waals surface area contributed by atoms with E-state index in [4.69, 9.17) is 0 Å². The molecule has 3 N–H and O–H groups in total. The number of hydrogen-bond donors (Lipinski definition) is 3. The van der Waals surface area contributed by atoms with Gasteiger partial charge in [-0.05, 0) is 47.1 Å². The van der Waals surface area contributed by atoms with E-state index in [-0.39, 0.29) is 17.5 Å². The SMILES string of the molecule is CC(Nc1ccccc1Br)c1ccc(O)cc1O. The van der Waals surface area contributed by atoms with Crippen molar-refractivity contribution < 1.29 is 10.2 Å². The quantitative estimate of drug-likeness (QED) is 0.802. The summed E-state index contributed by atoms with van der Waals surface area (Å²) in [4.78, 5) is 0. The van der Waals surface area contributed by atoms with Crippen molar-refractivity contribution in [3.05, 3.63) is 52.5 Å². The first-order valence-electron chi connectivity index (χ1n) is 5.61. The molecule has 0 radical (unpaired) electrons. The largest absolute Gasteiger partial charge is 0.508 e. The minimum atomic E-state index is -0.0655. The number of phenols is 2. The van der Waals surface area contributed by atoms with Gasteiger partial charge in [0.15, 0.2) is 0 Å². The highest BCUT2D eigenvalue weighted by molar-refractivity contribution is 9.10. The molecule has 0 aliphatic carbocycles. The first kappa shape index (κ1) is 12.8. The Kier molecular flexibility index (Phi) is 3.77. The number of rotatable bonds is 3. The standard InChI is InChI=1S/C14H14BrNO2/c1-9(11-7-6-10(17)8-14(11)18)16-13-5-3-2-4-12(13)15/h2-9,16-18H,1H3. The molecule has 0 spiro atoms. The summed E-state index contributed by atoms with van der Waals surface area (Å²) in [5, 5.41) is 22.4. The lowest BCUT2D eigenvalue weighted by atomic mass is 10.1. The van der Waals surface area contributed by atoms with Crippen molar-refractivity contribution in [3.8, 4) is 11.5 Å². The first-order valence-corrected chi connectivity index (χ1v) is 6.40. The van der Waals surface area contributed by atoms with Gasteiger partial charge in [-0.15, -0.1) is 0 Å². The lowest BCUT2D eigenvalue weighted by Gasteiger charge is -2.18. The monoisotopic (exact) mass is 307 g/mol. The minimum absolute atomic E-state index is 0.0596. The Bertz CT molecular complexity index is 557. The van der Waals surface area contributed by atoms with Gasteiger partial charge in [0, 0.05) is 21.8 Å². The van der Waals surface area contributed by atoms with Gasteiger partial charge in [-0.1, -0.05) is 12.1 Å². The summed E-state index contributed by atoms with van der Waals surface area (Å²) in [5.41, 5.74) is 1.70. The number of nitrogens with one attached hydrogen (secondary N) is 1. The van der Waals surface area contributed by atoms with Gasteiger partial charge in [-0.3, -0.25) is 0 Å². The molecule has 2 aromatic rings. The highest BCUT2D eigenvalue weighted by Gasteiger charge is 2.11. The molecule has 2 aromatic carbocycles. The fourth-order valence-electron chi connectivity index (χ4n) is 1.79. The second kappa shape index (κ2) is 5.31. The molecule has 0 fully saturated rings. The number of anilines is 1. The smallest absolute Gasteiger partial charge is 0.124 e. The molecule has 0 saturated carbocycles. The van der Waals surface area contributed by atoms with Gasteiger partial charge in [0.05, 0.1) is 6.04 Å². The molecule has 0 bridgehead atoms. The summed E-state index contributed by atoms with van der Waals surface area (Å²) < 4.78 is 0.968. The molecule has 3 nitrogen and oxygen atoms in total. The van der Waals surface area contributed by atoms with E-state index in [2.05, 4.69) is 21.2 Å². The van der Waals surface area contributed by atoms with Crippen molar-refractivity contribution in [2.45, 2.75) is 13.0 Å².